The number of carbonyl (C=O) groups is 3. The van der Waals surface area contributed by atoms with E-state index in [2.05, 4.69) is 5.32 Å². The van der Waals surface area contributed by atoms with Crippen LogP contribution in [0.25, 0.3) is 0 Å². The highest BCUT2D eigenvalue weighted by Gasteiger charge is 2.33. The second-order valence-corrected chi connectivity index (χ2v) is 4.79. The Balaban J connectivity index is 2.16. The number of amides is 2. The van der Waals surface area contributed by atoms with E-state index in [0.29, 0.717) is 13.1 Å². The number of aromatic carboxylic acids is 1. The van der Waals surface area contributed by atoms with Gasteiger partial charge in [-0.1, -0.05) is 6.07 Å². The van der Waals surface area contributed by atoms with E-state index < -0.39 is 29.2 Å². The van der Waals surface area contributed by atoms with Gasteiger partial charge in [-0.3, -0.25) is 9.59 Å². The van der Waals surface area contributed by atoms with Crippen molar-refractivity contribution in [3.8, 4) is 0 Å². The van der Waals surface area contributed by atoms with Gasteiger partial charge in [0, 0.05) is 19.5 Å². The van der Waals surface area contributed by atoms with Crippen LogP contribution >= 0.6 is 0 Å². The third-order valence-corrected chi connectivity index (χ3v) is 3.45. The van der Waals surface area contributed by atoms with Gasteiger partial charge in [0.15, 0.2) is 0 Å². The summed E-state index contributed by atoms with van der Waals surface area (Å²) in [6.07, 6.45) is 0.0807. The SMILES string of the molecule is CCN1CC(C(=O)Nc2cccc(F)c2C(=O)O)CC1=O. The van der Waals surface area contributed by atoms with Crippen LogP contribution in [0.3, 0.4) is 0 Å². The van der Waals surface area contributed by atoms with E-state index >= 15 is 0 Å². The van der Waals surface area contributed by atoms with Gasteiger partial charge >= 0.3 is 5.97 Å². The topological polar surface area (TPSA) is 86.7 Å². The number of nitrogens with zero attached hydrogens (tertiary/aromatic N) is 1. The highest BCUT2D eigenvalue weighted by atomic mass is 19.1. The van der Waals surface area contributed by atoms with Crippen molar-refractivity contribution in [1.82, 2.24) is 4.90 Å². The molecule has 0 bridgehead atoms. The molecule has 1 heterocycles. The van der Waals surface area contributed by atoms with E-state index in [-0.39, 0.29) is 18.0 Å². The third-order valence-electron chi connectivity index (χ3n) is 3.45. The van der Waals surface area contributed by atoms with Gasteiger partial charge in [0.05, 0.1) is 11.6 Å². The van der Waals surface area contributed by atoms with Crippen molar-refractivity contribution < 1.29 is 23.9 Å². The number of hydrogen-bond donors (Lipinski definition) is 2. The van der Waals surface area contributed by atoms with Gasteiger partial charge in [0.25, 0.3) is 0 Å². The van der Waals surface area contributed by atoms with Crippen molar-refractivity contribution in [3.05, 3.63) is 29.6 Å². The summed E-state index contributed by atoms with van der Waals surface area (Å²) in [6, 6.07) is 3.64. The van der Waals surface area contributed by atoms with E-state index in [9.17, 15) is 18.8 Å². The molecule has 7 heteroatoms. The molecule has 2 rings (SSSR count). The third kappa shape index (κ3) is 3.01. The van der Waals surface area contributed by atoms with Crippen molar-refractivity contribution >= 4 is 23.5 Å². The molecule has 6 nitrogen and oxygen atoms in total. The molecule has 1 fully saturated rings. The molecule has 1 saturated heterocycles. The molecule has 1 atom stereocenters. The molecule has 1 aliphatic heterocycles. The van der Waals surface area contributed by atoms with Gasteiger partial charge in [0.1, 0.15) is 11.4 Å². The Hall–Kier alpha value is -2.44. The average molecular weight is 294 g/mol. The fraction of sp³-hybridized carbons (Fsp3) is 0.357. The van der Waals surface area contributed by atoms with Gasteiger partial charge in [-0.15, -0.1) is 0 Å². The maximum Gasteiger partial charge on any atom is 0.340 e. The molecule has 0 aliphatic carbocycles. The molecule has 1 aromatic rings. The van der Waals surface area contributed by atoms with Crippen LogP contribution in [0.1, 0.15) is 23.7 Å². The maximum absolute atomic E-state index is 13.5. The molecule has 1 unspecified atom stereocenters. The summed E-state index contributed by atoms with van der Waals surface area (Å²) in [5.74, 6) is -3.52. The van der Waals surface area contributed by atoms with Crippen molar-refractivity contribution in [2.45, 2.75) is 13.3 Å². The van der Waals surface area contributed by atoms with Crippen LogP contribution in [0.15, 0.2) is 18.2 Å². The van der Waals surface area contributed by atoms with Crippen LogP contribution in [-0.2, 0) is 9.59 Å². The number of carbonyl (C=O) groups excluding carboxylic acids is 2. The monoisotopic (exact) mass is 294 g/mol. The fourth-order valence-electron chi connectivity index (χ4n) is 2.33. The van der Waals surface area contributed by atoms with Crippen molar-refractivity contribution in [2.24, 2.45) is 5.92 Å². The maximum atomic E-state index is 13.5. The van der Waals surface area contributed by atoms with E-state index in [1.807, 2.05) is 6.92 Å². The van der Waals surface area contributed by atoms with E-state index in [4.69, 9.17) is 5.11 Å². The number of carboxylic acids is 1. The summed E-state index contributed by atoms with van der Waals surface area (Å²) in [7, 11) is 0. The van der Waals surface area contributed by atoms with E-state index in [1.54, 1.807) is 4.90 Å². The van der Waals surface area contributed by atoms with Crippen LogP contribution in [0, 0.1) is 11.7 Å². The first kappa shape index (κ1) is 15.0. The number of benzene rings is 1. The Labute approximate surface area is 120 Å². The zero-order valence-corrected chi connectivity index (χ0v) is 11.4. The number of nitrogens with one attached hydrogen (secondary N) is 1. The second-order valence-electron chi connectivity index (χ2n) is 4.79. The predicted octanol–water partition coefficient (Wildman–Crippen LogP) is 1.33. The summed E-state index contributed by atoms with van der Waals surface area (Å²) in [6.45, 7) is 2.62. The van der Waals surface area contributed by atoms with E-state index in [0.717, 1.165) is 6.07 Å². The number of anilines is 1. The molecular formula is C14H15FN2O4. The van der Waals surface area contributed by atoms with Crippen LogP contribution in [0.4, 0.5) is 10.1 Å². The lowest BCUT2D eigenvalue weighted by Gasteiger charge is -2.14. The Morgan fingerprint density at radius 1 is 1.48 bits per heavy atom. The molecule has 2 amide bonds. The Bertz CT molecular complexity index is 603. The summed E-state index contributed by atoms with van der Waals surface area (Å²) in [5, 5.41) is 11.4. The van der Waals surface area contributed by atoms with Gasteiger partial charge in [-0.2, -0.15) is 0 Å². The normalized spacial score (nSPS) is 17.9. The quantitative estimate of drug-likeness (QED) is 0.877. The number of halogens is 1. The van der Waals surface area contributed by atoms with Gasteiger partial charge in [-0.05, 0) is 19.1 Å². The lowest BCUT2D eigenvalue weighted by molar-refractivity contribution is -0.128. The number of likely N-dealkylation sites (tertiary alicyclic amines) is 1. The van der Waals surface area contributed by atoms with Gasteiger partial charge in [-0.25, -0.2) is 9.18 Å². The first-order valence-electron chi connectivity index (χ1n) is 6.54. The predicted molar refractivity (Wildman–Crippen MR) is 72.4 cm³/mol. The first-order chi connectivity index (χ1) is 9.93. The van der Waals surface area contributed by atoms with Crippen LogP contribution in [0.5, 0.6) is 0 Å². The minimum atomic E-state index is -1.46. The number of carboxylic acid groups (broad SMARTS) is 1. The molecule has 0 aromatic heterocycles. The molecule has 0 spiro atoms. The highest BCUT2D eigenvalue weighted by Crippen LogP contribution is 2.23. The Morgan fingerprint density at radius 3 is 2.76 bits per heavy atom. The molecular weight excluding hydrogens is 279 g/mol. The molecule has 0 saturated carbocycles. The lowest BCUT2D eigenvalue weighted by atomic mass is 10.1. The minimum absolute atomic E-state index is 0.0807. The standard InChI is InChI=1S/C14H15FN2O4/c1-2-17-7-8(6-11(17)18)13(19)16-10-5-3-4-9(15)12(10)14(20)21/h3-5,8H,2,6-7H2,1H3,(H,16,19)(H,20,21). The lowest BCUT2D eigenvalue weighted by Crippen LogP contribution is -2.28. The molecule has 112 valence electrons. The minimum Gasteiger partial charge on any atom is -0.478 e. The van der Waals surface area contributed by atoms with Crippen molar-refractivity contribution in [3.63, 3.8) is 0 Å². The second kappa shape index (κ2) is 5.90. The molecule has 2 N–H and O–H groups in total. The van der Waals surface area contributed by atoms with Crippen molar-refractivity contribution in [1.29, 1.82) is 0 Å². The molecule has 0 radical (unpaired) electrons. The Kier molecular flexibility index (Phi) is 4.21. The van der Waals surface area contributed by atoms with Crippen LogP contribution < -0.4 is 5.32 Å². The summed E-state index contributed by atoms with van der Waals surface area (Å²) in [5.41, 5.74) is -0.683. The van der Waals surface area contributed by atoms with E-state index in [1.165, 1.54) is 12.1 Å². The van der Waals surface area contributed by atoms with Crippen molar-refractivity contribution in [2.75, 3.05) is 18.4 Å². The first-order valence-corrected chi connectivity index (χ1v) is 6.54. The largest absolute Gasteiger partial charge is 0.478 e. The Morgan fingerprint density at radius 2 is 2.19 bits per heavy atom. The van der Waals surface area contributed by atoms with Gasteiger partial charge < -0.3 is 15.3 Å². The number of hydrogen-bond acceptors (Lipinski definition) is 3. The smallest absolute Gasteiger partial charge is 0.340 e. The number of rotatable bonds is 4. The molecule has 1 aliphatic rings. The van der Waals surface area contributed by atoms with Gasteiger partial charge in [0.2, 0.25) is 11.8 Å². The fourth-order valence-corrected chi connectivity index (χ4v) is 2.33. The average Bonchev–Trinajstić information content (AvgIpc) is 2.79. The van der Waals surface area contributed by atoms with Crippen LogP contribution in [-0.4, -0.2) is 40.9 Å². The highest BCUT2D eigenvalue weighted by molar-refractivity contribution is 6.02. The summed E-state index contributed by atoms with van der Waals surface area (Å²) < 4.78 is 13.5. The zero-order chi connectivity index (χ0) is 15.6. The molecule has 1 aromatic carbocycles. The molecule has 21 heavy (non-hydrogen) atoms. The van der Waals surface area contributed by atoms with Crippen LogP contribution in [0.2, 0.25) is 0 Å². The summed E-state index contributed by atoms with van der Waals surface area (Å²) >= 11 is 0. The zero-order valence-electron chi connectivity index (χ0n) is 11.4. The summed E-state index contributed by atoms with van der Waals surface area (Å²) in [4.78, 5) is 36.3.